The highest BCUT2D eigenvalue weighted by molar-refractivity contribution is 5.95. The molecule has 1 aliphatic rings. The molecule has 1 aliphatic heterocycles. The number of fused-ring (bicyclic) bond motifs is 1. The highest BCUT2D eigenvalue weighted by atomic mass is 16.5. The molecule has 0 saturated heterocycles. The summed E-state index contributed by atoms with van der Waals surface area (Å²) in [6.07, 6.45) is 1.57. The molecule has 0 aromatic heterocycles. The van der Waals surface area contributed by atoms with Gasteiger partial charge in [-0.25, -0.2) is 5.43 Å². The van der Waals surface area contributed by atoms with E-state index in [-0.39, 0.29) is 5.91 Å². The molecule has 0 atom stereocenters. The van der Waals surface area contributed by atoms with Gasteiger partial charge in [0.1, 0.15) is 0 Å². The summed E-state index contributed by atoms with van der Waals surface area (Å²) in [4.78, 5) is 14.9. The van der Waals surface area contributed by atoms with Crippen molar-refractivity contribution in [3.63, 3.8) is 0 Å². The van der Waals surface area contributed by atoms with E-state index in [1.165, 1.54) is 22.3 Å². The molecule has 6 nitrogen and oxygen atoms in total. The molecule has 4 rings (SSSR count). The van der Waals surface area contributed by atoms with Crippen LogP contribution in [0, 0.1) is 13.8 Å². The molecular formula is C26H27N3O3. The summed E-state index contributed by atoms with van der Waals surface area (Å²) in [5, 5.41) is 4.09. The quantitative estimate of drug-likeness (QED) is 0.459. The second-order valence-corrected chi connectivity index (χ2v) is 7.93. The fourth-order valence-electron chi connectivity index (χ4n) is 3.89. The molecular weight excluding hydrogens is 402 g/mol. The van der Waals surface area contributed by atoms with Gasteiger partial charge in [-0.2, -0.15) is 5.10 Å². The minimum atomic E-state index is -0.257. The lowest BCUT2D eigenvalue weighted by Gasteiger charge is -2.18. The van der Waals surface area contributed by atoms with E-state index in [4.69, 9.17) is 9.47 Å². The van der Waals surface area contributed by atoms with Crippen LogP contribution >= 0.6 is 0 Å². The Morgan fingerprint density at radius 1 is 0.938 bits per heavy atom. The molecule has 32 heavy (non-hydrogen) atoms. The number of methoxy groups -OCH3 is 2. The van der Waals surface area contributed by atoms with Gasteiger partial charge in [0.25, 0.3) is 5.91 Å². The van der Waals surface area contributed by atoms with Crippen molar-refractivity contribution >= 4 is 17.8 Å². The summed E-state index contributed by atoms with van der Waals surface area (Å²) < 4.78 is 10.5. The summed E-state index contributed by atoms with van der Waals surface area (Å²) >= 11 is 0. The number of amides is 1. The molecule has 3 aromatic rings. The summed E-state index contributed by atoms with van der Waals surface area (Å²) in [5.74, 6) is 0.985. The lowest BCUT2D eigenvalue weighted by atomic mass is 10.0. The number of nitrogens with zero attached hydrogens (tertiary/aromatic N) is 2. The van der Waals surface area contributed by atoms with Crippen LogP contribution in [0.5, 0.6) is 11.5 Å². The van der Waals surface area contributed by atoms with Crippen LogP contribution in [-0.4, -0.2) is 26.3 Å². The topological polar surface area (TPSA) is 63.2 Å². The van der Waals surface area contributed by atoms with E-state index in [0.29, 0.717) is 17.1 Å². The van der Waals surface area contributed by atoms with Crippen LogP contribution in [0.15, 0.2) is 59.7 Å². The average molecular weight is 430 g/mol. The van der Waals surface area contributed by atoms with E-state index in [0.717, 1.165) is 24.3 Å². The highest BCUT2D eigenvalue weighted by Crippen LogP contribution is 2.30. The molecule has 0 unspecified atom stereocenters. The number of carbonyl (C=O) groups excluding carboxylic acids is 1. The van der Waals surface area contributed by atoms with Crippen LogP contribution in [0.1, 0.15) is 38.2 Å². The largest absolute Gasteiger partial charge is 0.493 e. The molecule has 0 saturated carbocycles. The van der Waals surface area contributed by atoms with Crippen molar-refractivity contribution < 1.29 is 14.3 Å². The Morgan fingerprint density at radius 3 is 2.28 bits per heavy atom. The van der Waals surface area contributed by atoms with Crippen LogP contribution in [0.2, 0.25) is 0 Å². The van der Waals surface area contributed by atoms with Crippen LogP contribution in [0.4, 0.5) is 5.69 Å². The maximum absolute atomic E-state index is 12.6. The van der Waals surface area contributed by atoms with Gasteiger partial charge in [-0.05, 0) is 78.1 Å². The molecule has 0 bridgehead atoms. The molecule has 1 N–H and O–H groups in total. The smallest absolute Gasteiger partial charge is 0.271 e. The summed E-state index contributed by atoms with van der Waals surface area (Å²) in [6, 6.07) is 17.6. The lowest BCUT2D eigenvalue weighted by molar-refractivity contribution is 0.0955. The van der Waals surface area contributed by atoms with Crippen molar-refractivity contribution in [3.05, 3.63) is 88.0 Å². The lowest BCUT2D eigenvalue weighted by Crippen LogP contribution is -2.19. The molecule has 0 radical (unpaired) electrons. The van der Waals surface area contributed by atoms with Crippen molar-refractivity contribution in [1.82, 2.24) is 5.43 Å². The number of hydrogen-bond acceptors (Lipinski definition) is 5. The van der Waals surface area contributed by atoms with Gasteiger partial charge in [-0.15, -0.1) is 0 Å². The fourth-order valence-corrected chi connectivity index (χ4v) is 3.89. The zero-order chi connectivity index (χ0) is 22.7. The normalized spacial score (nSPS) is 12.7. The van der Waals surface area contributed by atoms with Crippen molar-refractivity contribution in [3.8, 4) is 11.5 Å². The molecule has 0 aliphatic carbocycles. The number of anilines is 1. The van der Waals surface area contributed by atoms with Crippen molar-refractivity contribution in [2.75, 3.05) is 19.1 Å². The van der Waals surface area contributed by atoms with Gasteiger partial charge >= 0.3 is 0 Å². The Morgan fingerprint density at radius 2 is 1.62 bits per heavy atom. The third kappa shape index (κ3) is 4.44. The number of nitrogens with one attached hydrogen (secondary N) is 1. The van der Waals surface area contributed by atoms with Crippen LogP contribution in [-0.2, 0) is 13.1 Å². The molecule has 1 amide bonds. The van der Waals surface area contributed by atoms with E-state index < -0.39 is 0 Å². The molecule has 1 heterocycles. The first-order valence-corrected chi connectivity index (χ1v) is 10.5. The van der Waals surface area contributed by atoms with E-state index in [9.17, 15) is 4.79 Å². The Labute approximate surface area is 188 Å². The summed E-state index contributed by atoms with van der Waals surface area (Å²) in [5.41, 5.74) is 10.3. The van der Waals surface area contributed by atoms with Crippen molar-refractivity contribution in [2.24, 2.45) is 5.10 Å². The third-order valence-electron chi connectivity index (χ3n) is 5.80. The van der Waals surface area contributed by atoms with Crippen LogP contribution < -0.4 is 19.8 Å². The third-order valence-corrected chi connectivity index (χ3v) is 5.80. The second kappa shape index (κ2) is 9.14. The van der Waals surface area contributed by atoms with Gasteiger partial charge in [0, 0.05) is 24.3 Å². The zero-order valence-electron chi connectivity index (χ0n) is 18.8. The Bertz CT molecular complexity index is 1160. The summed E-state index contributed by atoms with van der Waals surface area (Å²) in [6.45, 7) is 5.98. The van der Waals surface area contributed by atoms with Gasteiger partial charge in [0.2, 0.25) is 0 Å². The Hall–Kier alpha value is -3.80. The Kier molecular flexibility index (Phi) is 6.12. The number of hydrogen-bond donors (Lipinski definition) is 1. The van der Waals surface area contributed by atoms with Gasteiger partial charge < -0.3 is 14.4 Å². The van der Waals surface area contributed by atoms with E-state index >= 15 is 0 Å². The summed E-state index contributed by atoms with van der Waals surface area (Å²) in [7, 11) is 3.16. The van der Waals surface area contributed by atoms with Crippen molar-refractivity contribution in [2.45, 2.75) is 26.9 Å². The molecule has 0 spiro atoms. The second-order valence-electron chi connectivity index (χ2n) is 7.93. The Balaban J connectivity index is 1.43. The van der Waals surface area contributed by atoms with Crippen molar-refractivity contribution in [1.29, 1.82) is 0 Å². The fraction of sp³-hybridized carbons (Fsp3) is 0.231. The monoisotopic (exact) mass is 429 g/mol. The van der Waals surface area contributed by atoms with Crippen LogP contribution in [0.25, 0.3) is 0 Å². The van der Waals surface area contributed by atoms with E-state index in [2.05, 4.69) is 41.4 Å². The first-order valence-electron chi connectivity index (χ1n) is 10.5. The van der Waals surface area contributed by atoms with Gasteiger partial charge in [-0.3, -0.25) is 4.79 Å². The number of benzene rings is 3. The number of rotatable bonds is 6. The maximum Gasteiger partial charge on any atom is 0.271 e. The minimum Gasteiger partial charge on any atom is -0.493 e. The first kappa shape index (κ1) is 21.4. The molecule has 6 heteroatoms. The number of aryl methyl sites for hydroxylation is 2. The number of ether oxygens (including phenoxy) is 2. The standard InChI is InChI=1S/C26H27N3O3/c1-17-10-21-15-29(16-22(21)11-18(17)2)23-7-5-6-20(13-23)26(30)28-27-14-19-8-9-24(31-3)25(12-19)32-4/h5-14H,15-16H2,1-4H3,(H,28,30)/b27-14-. The molecule has 0 fully saturated rings. The number of hydrazone groups is 1. The SMILES string of the molecule is COc1ccc(/C=N\NC(=O)c2cccc(N3Cc4cc(C)c(C)cc4C3)c2)cc1OC. The number of carbonyl (C=O) groups is 1. The maximum atomic E-state index is 12.6. The first-order chi connectivity index (χ1) is 15.5. The average Bonchev–Trinajstić information content (AvgIpc) is 3.22. The van der Waals surface area contributed by atoms with E-state index in [1.807, 2.05) is 24.3 Å². The van der Waals surface area contributed by atoms with Gasteiger partial charge in [-0.1, -0.05) is 18.2 Å². The van der Waals surface area contributed by atoms with Gasteiger partial charge in [0.05, 0.1) is 20.4 Å². The zero-order valence-corrected chi connectivity index (χ0v) is 18.8. The predicted octanol–water partition coefficient (Wildman–Crippen LogP) is 4.60. The predicted molar refractivity (Wildman–Crippen MR) is 127 cm³/mol. The van der Waals surface area contributed by atoms with Gasteiger partial charge in [0.15, 0.2) is 11.5 Å². The highest BCUT2D eigenvalue weighted by Gasteiger charge is 2.20. The minimum absolute atomic E-state index is 0.257. The van der Waals surface area contributed by atoms with E-state index in [1.54, 1.807) is 38.6 Å². The molecule has 3 aromatic carbocycles. The van der Waals surface area contributed by atoms with Crippen LogP contribution in [0.3, 0.4) is 0 Å². The molecule has 164 valence electrons.